The van der Waals surface area contributed by atoms with E-state index >= 15 is 0 Å². The topological polar surface area (TPSA) is 6.48 Å². The summed E-state index contributed by atoms with van der Waals surface area (Å²) in [6.07, 6.45) is 0. The number of rotatable bonds is 3. The molecular formula is C18H21BrN2S. The molecule has 1 heterocycles. The summed E-state index contributed by atoms with van der Waals surface area (Å²) in [5.74, 6) is 0. The highest BCUT2D eigenvalue weighted by Gasteiger charge is 2.19. The van der Waals surface area contributed by atoms with Gasteiger partial charge in [0, 0.05) is 35.5 Å². The fourth-order valence-electron chi connectivity index (χ4n) is 2.86. The normalized spacial score (nSPS) is 16.0. The van der Waals surface area contributed by atoms with Crippen molar-refractivity contribution in [1.82, 2.24) is 4.31 Å². The first-order chi connectivity index (χ1) is 10.6. The molecule has 116 valence electrons. The second kappa shape index (κ2) is 7.07. The van der Waals surface area contributed by atoms with E-state index in [0.29, 0.717) is 0 Å². The van der Waals surface area contributed by atoms with Crippen molar-refractivity contribution in [3.63, 3.8) is 0 Å². The van der Waals surface area contributed by atoms with Gasteiger partial charge in [0.1, 0.15) is 0 Å². The highest BCUT2D eigenvalue weighted by atomic mass is 79.9. The first-order valence-corrected chi connectivity index (χ1v) is 9.19. The van der Waals surface area contributed by atoms with Crippen molar-refractivity contribution in [2.24, 2.45) is 0 Å². The minimum Gasteiger partial charge on any atom is -0.368 e. The maximum atomic E-state index is 3.66. The Morgan fingerprint density at radius 2 is 1.55 bits per heavy atom. The fraction of sp³-hybridized carbons (Fsp3) is 0.333. The van der Waals surface area contributed by atoms with Crippen molar-refractivity contribution >= 4 is 33.6 Å². The van der Waals surface area contributed by atoms with Crippen molar-refractivity contribution in [1.29, 1.82) is 0 Å². The van der Waals surface area contributed by atoms with Gasteiger partial charge in [-0.25, -0.2) is 4.31 Å². The Bertz CT molecular complexity index is 631. The Hall–Kier alpha value is -0.970. The van der Waals surface area contributed by atoms with Gasteiger partial charge in [0.2, 0.25) is 0 Å². The lowest BCUT2D eigenvalue weighted by atomic mass is 10.2. The Morgan fingerprint density at radius 3 is 2.18 bits per heavy atom. The van der Waals surface area contributed by atoms with Crippen molar-refractivity contribution in [2.75, 3.05) is 31.1 Å². The molecule has 0 aromatic heterocycles. The molecule has 1 saturated heterocycles. The van der Waals surface area contributed by atoms with Crippen LogP contribution in [0.4, 0.5) is 5.69 Å². The number of benzene rings is 2. The van der Waals surface area contributed by atoms with Gasteiger partial charge in [-0.1, -0.05) is 18.2 Å². The summed E-state index contributed by atoms with van der Waals surface area (Å²) < 4.78 is 3.66. The molecule has 0 amide bonds. The van der Waals surface area contributed by atoms with E-state index in [9.17, 15) is 0 Å². The van der Waals surface area contributed by atoms with Crippen LogP contribution in [-0.4, -0.2) is 30.5 Å². The molecule has 1 fully saturated rings. The summed E-state index contributed by atoms with van der Waals surface area (Å²) in [6, 6.07) is 15.3. The Morgan fingerprint density at radius 1 is 0.909 bits per heavy atom. The minimum absolute atomic E-state index is 1.07. The monoisotopic (exact) mass is 376 g/mol. The van der Waals surface area contributed by atoms with E-state index in [-0.39, 0.29) is 0 Å². The van der Waals surface area contributed by atoms with E-state index in [1.54, 1.807) is 0 Å². The number of piperazine rings is 1. The highest BCUT2D eigenvalue weighted by molar-refractivity contribution is 9.10. The van der Waals surface area contributed by atoms with Gasteiger partial charge in [0.05, 0.1) is 5.69 Å². The van der Waals surface area contributed by atoms with Gasteiger partial charge in [-0.2, -0.15) is 0 Å². The number of aryl methyl sites for hydroxylation is 2. The Kier molecular flexibility index (Phi) is 5.11. The fourth-order valence-corrected chi connectivity index (χ4v) is 4.52. The molecule has 0 bridgehead atoms. The van der Waals surface area contributed by atoms with Crippen LogP contribution in [0.3, 0.4) is 0 Å². The standard InChI is InChI=1S/C18H21BrN2S/c1-14-11-15(2)13-16(12-14)22-21-9-7-20(8-10-21)18-6-4-3-5-17(18)19/h3-6,11-13H,7-10H2,1-2H3. The van der Waals surface area contributed by atoms with Crippen LogP contribution in [0.1, 0.15) is 11.1 Å². The van der Waals surface area contributed by atoms with Crippen LogP contribution >= 0.6 is 27.9 Å². The van der Waals surface area contributed by atoms with Gasteiger partial charge in [-0.15, -0.1) is 0 Å². The van der Waals surface area contributed by atoms with E-state index in [1.165, 1.54) is 26.2 Å². The molecule has 22 heavy (non-hydrogen) atoms. The van der Waals surface area contributed by atoms with Crippen molar-refractivity contribution in [2.45, 2.75) is 18.7 Å². The Labute approximate surface area is 145 Å². The second-order valence-electron chi connectivity index (χ2n) is 5.78. The molecule has 0 atom stereocenters. The summed E-state index contributed by atoms with van der Waals surface area (Å²) in [4.78, 5) is 3.81. The number of para-hydroxylation sites is 1. The zero-order valence-corrected chi connectivity index (χ0v) is 15.5. The van der Waals surface area contributed by atoms with Crippen LogP contribution in [0, 0.1) is 13.8 Å². The molecule has 1 aliphatic rings. The smallest absolute Gasteiger partial charge is 0.0511 e. The largest absolute Gasteiger partial charge is 0.368 e. The van der Waals surface area contributed by atoms with Crippen LogP contribution < -0.4 is 4.90 Å². The highest BCUT2D eigenvalue weighted by Crippen LogP contribution is 2.30. The summed E-state index contributed by atoms with van der Waals surface area (Å²) >= 11 is 5.55. The average Bonchev–Trinajstić information content (AvgIpc) is 2.48. The molecule has 0 unspecified atom stereocenters. The zero-order valence-electron chi connectivity index (χ0n) is 13.1. The van der Waals surface area contributed by atoms with Crippen LogP contribution in [0.25, 0.3) is 0 Å². The molecule has 3 rings (SSSR count). The lowest BCUT2D eigenvalue weighted by Gasteiger charge is -2.35. The molecule has 2 aromatic rings. The zero-order chi connectivity index (χ0) is 15.5. The van der Waals surface area contributed by atoms with Gasteiger partial charge in [-0.05, 0) is 77.1 Å². The molecule has 2 nitrogen and oxygen atoms in total. The average molecular weight is 377 g/mol. The van der Waals surface area contributed by atoms with Crippen LogP contribution in [-0.2, 0) is 0 Å². The lowest BCUT2D eigenvalue weighted by Crippen LogP contribution is -2.43. The lowest BCUT2D eigenvalue weighted by molar-refractivity contribution is 0.429. The molecule has 0 radical (unpaired) electrons. The first-order valence-electron chi connectivity index (χ1n) is 7.62. The SMILES string of the molecule is Cc1cc(C)cc(SN2CCN(c3ccccc3Br)CC2)c1. The predicted molar refractivity (Wildman–Crippen MR) is 99.7 cm³/mol. The maximum Gasteiger partial charge on any atom is 0.0511 e. The first kappa shape index (κ1) is 15.9. The third-order valence-corrected chi connectivity index (χ3v) is 5.60. The summed E-state index contributed by atoms with van der Waals surface area (Å²) in [6.45, 7) is 8.64. The predicted octanol–water partition coefficient (Wildman–Crippen LogP) is 4.90. The summed E-state index contributed by atoms with van der Waals surface area (Å²) in [5.41, 5.74) is 3.99. The molecular weight excluding hydrogens is 356 g/mol. The van der Waals surface area contributed by atoms with Crippen molar-refractivity contribution in [3.8, 4) is 0 Å². The van der Waals surface area contributed by atoms with Gasteiger partial charge in [0.15, 0.2) is 0 Å². The minimum atomic E-state index is 1.07. The molecule has 0 aliphatic carbocycles. The van der Waals surface area contributed by atoms with Crippen molar-refractivity contribution < 1.29 is 0 Å². The molecule has 4 heteroatoms. The van der Waals surface area contributed by atoms with E-state index in [2.05, 4.69) is 81.4 Å². The van der Waals surface area contributed by atoms with Gasteiger partial charge in [-0.3, -0.25) is 0 Å². The molecule has 1 aliphatic heterocycles. The molecule has 0 spiro atoms. The summed E-state index contributed by atoms with van der Waals surface area (Å²) in [5, 5.41) is 0. The number of anilines is 1. The third-order valence-electron chi connectivity index (χ3n) is 3.86. The molecule has 0 saturated carbocycles. The van der Waals surface area contributed by atoms with E-state index in [0.717, 1.165) is 26.2 Å². The van der Waals surface area contributed by atoms with Gasteiger partial charge >= 0.3 is 0 Å². The van der Waals surface area contributed by atoms with Gasteiger partial charge in [0.25, 0.3) is 0 Å². The van der Waals surface area contributed by atoms with E-state index < -0.39 is 0 Å². The van der Waals surface area contributed by atoms with E-state index in [1.807, 2.05) is 11.9 Å². The number of hydrogen-bond donors (Lipinski definition) is 0. The number of halogens is 1. The van der Waals surface area contributed by atoms with Crippen molar-refractivity contribution in [3.05, 3.63) is 58.1 Å². The van der Waals surface area contributed by atoms with E-state index in [4.69, 9.17) is 0 Å². The molecule has 2 aromatic carbocycles. The Balaban J connectivity index is 1.61. The quantitative estimate of drug-likeness (QED) is 0.703. The van der Waals surface area contributed by atoms with Crippen LogP contribution in [0.15, 0.2) is 51.8 Å². The molecule has 0 N–H and O–H groups in total. The maximum absolute atomic E-state index is 3.66. The summed E-state index contributed by atoms with van der Waals surface area (Å²) in [7, 11) is 0. The third kappa shape index (κ3) is 3.86. The van der Waals surface area contributed by atoms with Gasteiger partial charge < -0.3 is 4.90 Å². The second-order valence-corrected chi connectivity index (χ2v) is 7.81. The van der Waals surface area contributed by atoms with Crippen LogP contribution in [0.5, 0.6) is 0 Å². The van der Waals surface area contributed by atoms with Crippen LogP contribution in [0.2, 0.25) is 0 Å². The number of nitrogens with zero attached hydrogens (tertiary/aromatic N) is 2. The number of hydrogen-bond acceptors (Lipinski definition) is 3.